The topological polar surface area (TPSA) is 56.8 Å². The summed E-state index contributed by atoms with van der Waals surface area (Å²) >= 11 is 3.53. The van der Waals surface area contributed by atoms with E-state index < -0.39 is 11.6 Å². The van der Waals surface area contributed by atoms with E-state index in [9.17, 15) is 4.79 Å². The van der Waals surface area contributed by atoms with Crippen molar-refractivity contribution < 1.29 is 19.0 Å². The second-order valence-corrected chi connectivity index (χ2v) is 7.91. The summed E-state index contributed by atoms with van der Waals surface area (Å²) in [5.74, 6) is 0.652. The number of carbonyl (C=O) groups is 1. The van der Waals surface area contributed by atoms with Gasteiger partial charge in [0, 0.05) is 17.7 Å². The van der Waals surface area contributed by atoms with Crippen molar-refractivity contribution >= 4 is 21.8 Å². The average molecular weight is 448 g/mol. The monoisotopic (exact) mass is 447 g/mol. The van der Waals surface area contributed by atoms with Crippen LogP contribution in [0.1, 0.15) is 30.9 Å². The number of rotatable bonds is 7. The summed E-state index contributed by atoms with van der Waals surface area (Å²) in [4.78, 5) is 12.9. The van der Waals surface area contributed by atoms with Crippen LogP contribution in [0.25, 0.3) is 0 Å². The third-order valence-corrected chi connectivity index (χ3v) is 5.58. The Morgan fingerprint density at radius 3 is 2.68 bits per heavy atom. The van der Waals surface area contributed by atoms with Crippen LogP contribution < -0.4 is 10.1 Å². The maximum atomic E-state index is 12.9. The number of carbonyl (C=O) groups excluding carboxylic acids is 1. The zero-order valence-electron chi connectivity index (χ0n) is 16.2. The summed E-state index contributed by atoms with van der Waals surface area (Å²) in [6, 6.07) is 15.7. The lowest BCUT2D eigenvalue weighted by atomic mass is 9.82. The lowest BCUT2D eigenvalue weighted by Crippen LogP contribution is -2.52. The molecule has 150 valence electrons. The summed E-state index contributed by atoms with van der Waals surface area (Å²) < 4.78 is 17.6. The standard InChI is InChI=1S/C22H26BrNO4/c1-16(28-15-17-5-3-8-20(13-17)26-2)21(25)24-22(9-11-27-12-10-22)18-6-4-7-19(23)14-18/h3-8,13-14,16H,9-12,15H2,1-2H3,(H,24,25). The van der Waals surface area contributed by atoms with Crippen LogP contribution in [0, 0.1) is 0 Å². The summed E-state index contributed by atoms with van der Waals surface area (Å²) in [5.41, 5.74) is 1.61. The number of hydrogen-bond donors (Lipinski definition) is 1. The van der Waals surface area contributed by atoms with Crippen molar-refractivity contribution in [2.75, 3.05) is 20.3 Å². The van der Waals surface area contributed by atoms with Gasteiger partial charge >= 0.3 is 0 Å². The first-order chi connectivity index (χ1) is 13.5. The highest BCUT2D eigenvalue weighted by Gasteiger charge is 2.37. The molecule has 1 atom stereocenters. The van der Waals surface area contributed by atoms with E-state index in [4.69, 9.17) is 14.2 Å². The van der Waals surface area contributed by atoms with E-state index in [2.05, 4.69) is 33.4 Å². The van der Waals surface area contributed by atoms with Gasteiger partial charge < -0.3 is 19.5 Å². The van der Waals surface area contributed by atoms with Crippen molar-refractivity contribution in [3.8, 4) is 5.75 Å². The molecule has 0 saturated carbocycles. The molecule has 1 heterocycles. The van der Waals surface area contributed by atoms with Crippen LogP contribution in [0.4, 0.5) is 0 Å². The molecule has 1 aliphatic heterocycles. The maximum Gasteiger partial charge on any atom is 0.249 e. The van der Waals surface area contributed by atoms with E-state index in [-0.39, 0.29) is 5.91 Å². The van der Waals surface area contributed by atoms with E-state index in [1.807, 2.05) is 36.4 Å². The Labute approximate surface area is 174 Å². The largest absolute Gasteiger partial charge is 0.497 e. The normalized spacial score (nSPS) is 17.0. The minimum absolute atomic E-state index is 0.121. The van der Waals surface area contributed by atoms with Crippen molar-refractivity contribution in [2.45, 2.75) is 38.0 Å². The quantitative estimate of drug-likeness (QED) is 0.691. The third-order valence-electron chi connectivity index (χ3n) is 5.09. The molecule has 0 aliphatic carbocycles. The van der Waals surface area contributed by atoms with Crippen molar-refractivity contribution in [1.82, 2.24) is 5.32 Å². The molecule has 2 aromatic rings. The lowest BCUT2D eigenvalue weighted by molar-refractivity contribution is -0.136. The van der Waals surface area contributed by atoms with Crippen LogP contribution in [0.2, 0.25) is 0 Å². The van der Waals surface area contributed by atoms with Crippen molar-refractivity contribution in [3.05, 3.63) is 64.1 Å². The van der Waals surface area contributed by atoms with Gasteiger partial charge in [0.1, 0.15) is 11.9 Å². The van der Waals surface area contributed by atoms with Crippen LogP contribution in [0.3, 0.4) is 0 Å². The Balaban J connectivity index is 1.67. The number of nitrogens with one attached hydrogen (secondary N) is 1. The molecule has 0 bridgehead atoms. The van der Waals surface area contributed by atoms with E-state index >= 15 is 0 Å². The van der Waals surface area contributed by atoms with Gasteiger partial charge in [-0.05, 0) is 55.2 Å². The third kappa shape index (κ3) is 5.13. The molecule has 5 nitrogen and oxygen atoms in total. The van der Waals surface area contributed by atoms with Gasteiger partial charge in [-0.25, -0.2) is 0 Å². The molecule has 3 rings (SSSR count). The first-order valence-corrected chi connectivity index (χ1v) is 10.2. The molecular formula is C22H26BrNO4. The van der Waals surface area contributed by atoms with E-state index in [1.54, 1.807) is 14.0 Å². The van der Waals surface area contributed by atoms with Gasteiger partial charge in [0.25, 0.3) is 0 Å². The number of methoxy groups -OCH3 is 1. The van der Waals surface area contributed by atoms with Gasteiger partial charge in [-0.2, -0.15) is 0 Å². The van der Waals surface area contributed by atoms with Crippen molar-refractivity contribution in [1.29, 1.82) is 0 Å². The fraction of sp³-hybridized carbons (Fsp3) is 0.409. The molecule has 0 spiro atoms. The highest BCUT2D eigenvalue weighted by atomic mass is 79.9. The molecule has 0 aromatic heterocycles. The maximum absolute atomic E-state index is 12.9. The summed E-state index contributed by atoms with van der Waals surface area (Å²) in [6.45, 7) is 3.36. The number of halogens is 1. The molecule has 1 unspecified atom stereocenters. The van der Waals surface area contributed by atoms with E-state index in [1.165, 1.54) is 0 Å². The number of hydrogen-bond acceptors (Lipinski definition) is 4. The Morgan fingerprint density at radius 1 is 1.21 bits per heavy atom. The van der Waals surface area contributed by atoms with Gasteiger partial charge in [0.15, 0.2) is 0 Å². The van der Waals surface area contributed by atoms with Gasteiger partial charge in [0.2, 0.25) is 5.91 Å². The van der Waals surface area contributed by atoms with Crippen LogP contribution >= 0.6 is 15.9 Å². The second-order valence-electron chi connectivity index (χ2n) is 7.00. The number of ether oxygens (including phenoxy) is 3. The van der Waals surface area contributed by atoms with Gasteiger partial charge in [-0.1, -0.05) is 40.2 Å². The Hall–Kier alpha value is -1.89. The molecular weight excluding hydrogens is 422 g/mol. The summed E-state index contributed by atoms with van der Waals surface area (Å²) in [7, 11) is 1.63. The molecule has 1 amide bonds. The van der Waals surface area contributed by atoms with E-state index in [0.29, 0.717) is 19.8 Å². The second kappa shape index (κ2) is 9.54. The molecule has 28 heavy (non-hydrogen) atoms. The van der Waals surface area contributed by atoms with Crippen LogP contribution in [0.5, 0.6) is 5.75 Å². The zero-order valence-corrected chi connectivity index (χ0v) is 17.8. The molecule has 1 saturated heterocycles. The predicted octanol–water partition coefficient (Wildman–Crippen LogP) is 4.18. The fourth-order valence-corrected chi connectivity index (χ4v) is 3.79. The Morgan fingerprint density at radius 2 is 1.96 bits per heavy atom. The fourth-order valence-electron chi connectivity index (χ4n) is 3.39. The van der Waals surface area contributed by atoms with Crippen LogP contribution in [0.15, 0.2) is 53.0 Å². The van der Waals surface area contributed by atoms with Crippen LogP contribution in [-0.4, -0.2) is 32.3 Å². The average Bonchev–Trinajstić information content (AvgIpc) is 2.72. The number of benzene rings is 2. The van der Waals surface area contributed by atoms with Gasteiger partial charge in [-0.15, -0.1) is 0 Å². The summed E-state index contributed by atoms with van der Waals surface area (Å²) in [6.07, 6.45) is 0.897. The minimum atomic E-state index is -0.571. The Kier molecular flexibility index (Phi) is 7.10. The molecule has 1 fully saturated rings. The lowest BCUT2D eigenvalue weighted by Gasteiger charge is -2.39. The summed E-state index contributed by atoms with van der Waals surface area (Å²) in [5, 5.41) is 3.25. The van der Waals surface area contributed by atoms with Crippen LogP contribution in [-0.2, 0) is 26.4 Å². The first-order valence-electron chi connectivity index (χ1n) is 9.43. The SMILES string of the molecule is COc1cccc(COC(C)C(=O)NC2(c3cccc(Br)c3)CCOCC2)c1. The minimum Gasteiger partial charge on any atom is -0.497 e. The molecule has 0 radical (unpaired) electrons. The van der Waals surface area contributed by atoms with E-state index in [0.717, 1.165) is 34.2 Å². The van der Waals surface area contributed by atoms with Gasteiger partial charge in [-0.3, -0.25) is 4.79 Å². The first kappa shape index (κ1) is 20.8. The number of amides is 1. The van der Waals surface area contributed by atoms with Gasteiger partial charge in [0.05, 0.1) is 19.3 Å². The highest BCUT2D eigenvalue weighted by Crippen LogP contribution is 2.33. The van der Waals surface area contributed by atoms with Crippen molar-refractivity contribution in [2.24, 2.45) is 0 Å². The predicted molar refractivity (Wildman–Crippen MR) is 111 cm³/mol. The molecule has 2 aromatic carbocycles. The highest BCUT2D eigenvalue weighted by molar-refractivity contribution is 9.10. The van der Waals surface area contributed by atoms with Crippen molar-refractivity contribution in [3.63, 3.8) is 0 Å². The Bertz CT molecular complexity index is 805. The smallest absolute Gasteiger partial charge is 0.249 e. The molecule has 1 N–H and O–H groups in total. The zero-order chi connectivity index (χ0) is 20.0. The molecule has 6 heteroatoms. The molecule has 1 aliphatic rings.